The number of hydrogen-bond acceptors (Lipinski definition) is 11. The highest BCUT2D eigenvalue weighted by Gasteiger charge is 2.37. The summed E-state index contributed by atoms with van der Waals surface area (Å²) in [5, 5.41) is 0. The first-order valence-electron chi connectivity index (χ1n) is 8.98. The number of rotatable bonds is 10. The molecule has 0 aromatic rings. The molecule has 0 aromatic carbocycles. The second-order valence-electron chi connectivity index (χ2n) is 6.02. The molecule has 0 unspecified atom stereocenters. The van der Waals surface area contributed by atoms with Crippen LogP contribution in [0.3, 0.4) is 0 Å². The number of carbonyl (C=O) groups is 2. The molecule has 0 heterocycles. The van der Waals surface area contributed by atoms with Crippen LogP contribution in [0.15, 0.2) is 45.6 Å². The zero-order chi connectivity index (χ0) is 23.4. The van der Waals surface area contributed by atoms with Gasteiger partial charge in [0, 0.05) is 26.4 Å². The van der Waals surface area contributed by atoms with Gasteiger partial charge in [-0.15, -0.1) is 0 Å². The van der Waals surface area contributed by atoms with Gasteiger partial charge in [-0.1, -0.05) is 0 Å². The molecule has 0 N–H and O–H groups in total. The van der Waals surface area contributed by atoms with Gasteiger partial charge in [-0.25, -0.2) is 0 Å². The lowest BCUT2D eigenvalue weighted by molar-refractivity contribution is -0.122. The van der Waals surface area contributed by atoms with Crippen molar-refractivity contribution < 1.29 is 49.0 Å². The summed E-state index contributed by atoms with van der Waals surface area (Å²) in [6.07, 6.45) is 1.12. The van der Waals surface area contributed by atoms with Crippen molar-refractivity contribution >= 4 is 31.8 Å². The summed E-state index contributed by atoms with van der Waals surface area (Å²) >= 11 is 0. The molecule has 2 rings (SSSR count). The number of hydrogen-bond donors (Lipinski definition) is 0. The largest absolute Gasteiger partial charge is 0.454 e. The Morgan fingerprint density at radius 2 is 1.10 bits per heavy atom. The monoisotopic (exact) mass is 478 g/mol. The SMILES string of the molecule is CCOS(=O)(=O)C1=C[C@@H](OC)C(=O)C=C1OC1=CC(=O)[C@H](OC)C=C1S(=O)(=O)OCC. The highest BCUT2D eigenvalue weighted by atomic mass is 32.2. The first-order valence-corrected chi connectivity index (χ1v) is 11.8. The normalized spacial score (nSPS) is 22.5. The number of ketones is 2. The molecule has 172 valence electrons. The lowest BCUT2D eigenvalue weighted by Crippen LogP contribution is -2.29. The average Bonchev–Trinajstić information content (AvgIpc) is 2.67. The Kier molecular flexibility index (Phi) is 8.08. The molecule has 31 heavy (non-hydrogen) atoms. The Hall–Kier alpha value is -2.16. The van der Waals surface area contributed by atoms with Crippen molar-refractivity contribution in [3.63, 3.8) is 0 Å². The predicted molar refractivity (Wildman–Crippen MR) is 106 cm³/mol. The van der Waals surface area contributed by atoms with Gasteiger partial charge in [0.2, 0.25) is 0 Å². The van der Waals surface area contributed by atoms with E-state index in [0.29, 0.717) is 0 Å². The summed E-state index contributed by atoms with van der Waals surface area (Å²) < 4.78 is 74.9. The van der Waals surface area contributed by atoms with Crippen LogP contribution in [0.5, 0.6) is 0 Å². The van der Waals surface area contributed by atoms with E-state index in [1.165, 1.54) is 28.1 Å². The molecule has 2 atom stereocenters. The molecule has 2 aliphatic carbocycles. The molecule has 0 aliphatic heterocycles. The number of carbonyl (C=O) groups excluding carboxylic acids is 2. The maximum absolute atomic E-state index is 12.5. The lowest BCUT2D eigenvalue weighted by Gasteiger charge is -2.24. The standard InChI is InChI=1S/C18H22O11S2/c1-5-27-30(21,22)17-9-13(25-3)11(19)7-15(17)29-16-8-12(20)14(26-4)10-18(16)31(23,24)28-6-2/h7-10,13-14H,5-6H2,1-4H3/t13-,14-/m1/s1. The van der Waals surface area contributed by atoms with Gasteiger partial charge in [0.25, 0.3) is 20.2 Å². The Balaban J connectivity index is 2.56. The van der Waals surface area contributed by atoms with Crippen LogP contribution in [0.25, 0.3) is 0 Å². The summed E-state index contributed by atoms with van der Waals surface area (Å²) in [5.41, 5.74) is 0. The summed E-state index contributed by atoms with van der Waals surface area (Å²) in [6.45, 7) is 2.46. The van der Waals surface area contributed by atoms with Crippen molar-refractivity contribution in [3.8, 4) is 0 Å². The van der Waals surface area contributed by atoms with Crippen molar-refractivity contribution in [2.75, 3.05) is 27.4 Å². The second kappa shape index (κ2) is 9.97. The minimum Gasteiger partial charge on any atom is -0.454 e. The van der Waals surface area contributed by atoms with E-state index in [1.54, 1.807) is 0 Å². The van der Waals surface area contributed by atoms with Crippen molar-refractivity contribution in [2.24, 2.45) is 0 Å². The van der Waals surface area contributed by atoms with Crippen LogP contribution in [0.4, 0.5) is 0 Å². The highest BCUT2D eigenvalue weighted by Crippen LogP contribution is 2.33. The molecule has 11 nitrogen and oxygen atoms in total. The van der Waals surface area contributed by atoms with Gasteiger partial charge in [0.05, 0.1) is 13.2 Å². The van der Waals surface area contributed by atoms with E-state index in [1.807, 2.05) is 0 Å². The van der Waals surface area contributed by atoms with Gasteiger partial charge in [-0.05, 0) is 26.0 Å². The van der Waals surface area contributed by atoms with Crippen molar-refractivity contribution in [2.45, 2.75) is 26.1 Å². The number of methoxy groups -OCH3 is 2. The van der Waals surface area contributed by atoms with E-state index in [2.05, 4.69) is 0 Å². The van der Waals surface area contributed by atoms with Gasteiger partial charge >= 0.3 is 0 Å². The smallest absolute Gasteiger partial charge is 0.300 e. The number of ether oxygens (including phenoxy) is 3. The predicted octanol–water partition coefficient (Wildman–Crippen LogP) is 0.467. The topological polar surface area (TPSA) is 149 Å². The molecule has 0 saturated carbocycles. The summed E-state index contributed by atoms with van der Waals surface area (Å²) in [4.78, 5) is 23.3. The molecule has 13 heteroatoms. The fourth-order valence-corrected chi connectivity index (χ4v) is 4.81. The first-order chi connectivity index (χ1) is 14.5. The van der Waals surface area contributed by atoms with Gasteiger partial charge in [-0.3, -0.25) is 18.0 Å². The minimum atomic E-state index is -4.39. The van der Waals surface area contributed by atoms with E-state index in [4.69, 9.17) is 22.6 Å². The van der Waals surface area contributed by atoms with E-state index in [-0.39, 0.29) is 13.2 Å². The zero-order valence-electron chi connectivity index (χ0n) is 17.2. The second-order valence-corrected chi connectivity index (χ2v) is 9.19. The van der Waals surface area contributed by atoms with Crippen molar-refractivity contribution in [1.82, 2.24) is 0 Å². The minimum absolute atomic E-state index is 0.209. The molecule has 0 bridgehead atoms. The van der Waals surface area contributed by atoms with Gasteiger partial charge < -0.3 is 14.2 Å². The van der Waals surface area contributed by atoms with Gasteiger partial charge in [-0.2, -0.15) is 16.8 Å². The summed E-state index contributed by atoms with van der Waals surface area (Å²) in [5.74, 6) is -2.41. The van der Waals surface area contributed by atoms with Crippen LogP contribution in [0.2, 0.25) is 0 Å². The van der Waals surface area contributed by atoms with Crippen molar-refractivity contribution in [1.29, 1.82) is 0 Å². The molecular weight excluding hydrogens is 456 g/mol. The van der Waals surface area contributed by atoms with Crippen LogP contribution in [0, 0.1) is 0 Å². The van der Waals surface area contributed by atoms with Crippen LogP contribution < -0.4 is 0 Å². The molecule has 0 aromatic heterocycles. The molecule has 2 aliphatic rings. The molecule has 0 spiro atoms. The molecular formula is C18H22O11S2. The van der Waals surface area contributed by atoms with Gasteiger partial charge in [0.15, 0.2) is 23.1 Å². The Morgan fingerprint density at radius 3 is 1.39 bits per heavy atom. The quantitative estimate of drug-likeness (QED) is 0.403. The summed E-state index contributed by atoms with van der Waals surface area (Å²) in [6, 6.07) is 0. The van der Waals surface area contributed by atoms with Gasteiger partial charge in [0.1, 0.15) is 22.0 Å². The molecule has 0 fully saturated rings. The molecule has 0 amide bonds. The maximum atomic E-state index is 12.5. The first kappa shape index (κ1) is 25.1. The Morgan fingerprint density at radius 1 is 0.742 bits per heavy atom. The molecule has 0 radical (unpaired) electrons. The molecule has 0 saturated heterocycles. The summed E-state index contributed by atoms with van der Waals surface area (Å²) in [7, 11) is -6.39. The maximum Gasteiger partial charge on any atom is 0.300 e. The third-order valence-electron chi connectivity index (χ3n) is 4.01. The fourth-order valence-electron chi connectivity index (χ4n) is 2.67. The van der Waals surface area contributed by atoms with E-state index in [0.717, 1.165) is 24.3 Å². The lowest BCUT2D eigenvalue weighted by atomic mass is 10.1. The van der Waals surface area contributed by atoms with Crippen molar-refractivity contribution in [3.05, 3.63) is 45.6 Å². The van der Waals surface area contributed by atoms with Crippen LogP contribution in [-0.2, 0) is 52.4 Å². The fraction of sp³-hybridized carbons (Fsp3) is 0.444. The van der Waals surface area contributed by atoms with Crippen LogP contribution in [0.1, 0.15) is 13.8 Å². The van der Waals surface area contributed by atoms with Crippen LogP contribution in [-0.4, -0.2) is 68.0 Å². The third-order valence-corrected chi connectivity index (χ3v) is 6.86. The Bertz CT molecular complexity index is 990. The van der Waals surface area contributed by atoms with Crippen LogP contribution >= 0.6 is 0 Å². The highest BCUT2D eigenvalue weighted by molar-refractivity contribution is 7.91. The van der Waals surface area contributed by atoms with E-state index in [9.17, 15) is 26.4 Å². The Labute approximate surface area is 180 Å². The average molecular weight is 478 g/mol. The third kappa shape index (κ3) is 5.56. The van der Waals surface area contributed by atoms with E-state index < -0.39 is 65.3 Å². The zero-order valence-corrected chi connectivity index (χ0v) is 18.8. The van der Waals surface area contributed by atoms with E-state index >= 15 is 0 Å².